The minimum atomic E-state index is -0.488. The maximum atomic E-state index is 3.70. The Balaban J connectivity index is 2.67. The fourth-order valence-corrected chi connectivity index (χ4v) is 5.30. The van der Waals surface area contributed by atoms with Crippen LogP contribution in [0.2, 0.25) is 0 Å². The summed E-state index contributed by atoms with van der Waals surface area (Å²) in [6, 6.07) is 16.8. The first kappa shape index (κ1) is 17.9. The minimum Gasteiger partial charge on any atom is -0.0616 e. The van der Waals surface area contributed by atoms with Gasteiger partial charge >= 0.3 is 0 Å². The van der Waals surface area contributed by atoms with Crippen LogP contribution in [0.4, 0.5) is 0 Å². The average Bonchev–Trinajstić information content (AvgIpc) is 2.41. The molecule has 0 radical (unpaired) electrons. The van der Waals surface area contributed by atoms with E-state index in [9.17, 15) is 0 Å². The monoisotopic (exact) mass is 674 g/mol. The molecular formula is C16H8Br6. The van der Waals surface area contributed by atoms with Crippen LogP contribution in [-0.4, -0.2) is 0 Å². The Morgan fingerprint density at radius 1 is 0.455 bits per heavy atom. The molecule has 0 aromatic heterocycles. The Morgan fingerprint density at radius 3 is 0.864 bits per heavy atom. The van der Waals surface area contributed by atoms with Crippen LogP contribution in [0.25, 0.3) is 21.5 Å². The molecule has 0 heterocycles. The molecule has 0 aliphatic heterocycles. The quantitative estimate of drug-likeness (QED) is 0.165. The number of benzene rings is 3. The first-order valence-corrected chi connectivity index (χ1v) is 11.0. The van der Waals surface area contributed by atoms with E-state index in [1.807, 2.05) is 0 Å². The largest absolute Gasteiger partial charge is 0.161 e. The van der Waals surface area contributed by atoms with Gasteiger partial charge in [0, 0.05) is 11.1 Å². The third kappa shape index (κ3) is 3.25. The van der Waals surface area contributed by atoms with E-state index in [-0.39, 0.29) is 0 Å². The first-order chi connectivity index (χ1) is 10.2. The van der Waals surface area contributed by atoms with Gasteiger partial charge < -0.3 is 0 Å². The maximum absolute atomic E-state index is 3.70. The van der Waals surface area contributed by atoms with Crippen LogP contribution in [0.1, 0.15) is 11.1 Å². The Kier molecular flexibility index (Phi) is 5.21. The highest BCUT2D eigenvalue weighted by atomic mass is 80.0. The van der Waals surface area contributed by atoms with Crippen LogP contribution in [0.5, 0.6) is 0 Å². The summed E-state index contributed by atoms with van der Waals surface area (Å²) >= 11 is 22.2. The lowest BCUT2D eigenvalue weighted by Gasteiger charge is -2.25. The topological polar surface area (TPSA) is 0 Å². The molecule has 3 aromatic carbocycles. The molecule has 0 spiro atoms. The molecule has 22 heavy (non-hydrogen) atoms. The third-order valence-corrected chi connectivity index (χ3v) is 5.88. The number of alkyl halides is 6. The van der Waals surface area contributed by atoms with Crippen LogP contribution in [-0.2, 0) is 4.29 Å². The smallest absolute Gasteiger partial charge is 0.0616 e. The van der Waals surface area contributed by atoms with E-state index >= 15 is 0 Å². The standard InChI is InChI=1S/C16H8Br6/c17-15(18,19)13-9-5-1-2-6-10(9)14(16(20,21)22)12-8-4-3-7-11(12)13/h1-8H. The molecule has 3 aromatic rings. The molecule has 0 N–H and O–H groups in total. The summed E-state index contributed by atoms with van der Waals surface area (Å²) < 4.78 is -0.976. The zero-order chi connectivity index (χ0) is 16.1. The summed E-state index contributed by atoms with van der Waals surface area (Å²) in [4.78, 5) is 0. The van der Waals surface area contributed by atoms with Gasteiger partial charge in [-0.3, -0.25) is 0 Å². The first-order valence-electron chi connectivity index (χ1n) is 6.29. The summed E-state index contributed by atoms with van der Waals surface area (Å²) in [7, 11) is 0. The number of rotatable bonds is 0. The molecule has 0 fully saturated rings. The normalized spacial score (nSPS) is 13.0. The molecule has 0 saturated heterocycles. The molecule has 6 heteroatoms. The van der Waals surface area contributed by atoms with Crippen molar-refractivity contribution in [2.45, 2.75) is 4.29 Å². The second-order valence-corrected chi connectivity index (χ2v) is 18.4. The van der Waals surface area contributed by atoms with E-state index in [0.29, 0.717) is 0 Å². The van der Waals surface area contributed by atoms with Crippen LogP contribution in [0, 0.1) is 0 Å². The second-order valence-electron chi connectivity index (χ2n) is 4.84. The molecule has 0 atom stereocenters. The van der Waals surface area contributed by atoms with E-state index in [2.05, 4.69) is 144 Å². The van der Waals surface area contributed by atoms with Gasteiger partial charge in [0.25, 0.3) is 0 Å². The van der Waals surface area contributed by atoms with Gasteiger partial charge in [-0.2, -0.15) is 0 Å². The van der Waals surface area contributed by atoms with Crippen molar-refractivity contribution in [3.05, 3.63) is 59.7 Å². The predicted molar refractivity (Wildman–Crippen MR) is 118 cm³/mol. The van der Waals surface area contributed by atoms with Gasteiger partial charge in [0.1, 0.15) is 0 Å². The fourth-order valence-electron chi connectivity index (χ4n) is 2.74. The Hall–Kier alpha value is 1.06. The Bertz CT molecular complexity index is 729. The van der Waals surface area contributed by atoms with E-state index in [1.165, 1.54) is 21.5 Å². The average molecular weight is 680 g/mol. The lowest BCUT2D eigenvalue weighted by molar-refractivity contribution is 1.40. The summed E-state index contributed by atoms with van der Waals surface area (Å²) in [5.41, 5.74) is 2.30. The number of hydrogen-bond acceptors (Lipinski definition) is 0. The number of halogens is 6. The van der Waals surface area contributed by atoms with Gasteiger partial charge in [-0.1, -0.05) is 144 Å². The maximum Gasteiger partial charge on any atom is 0.161 e. The van der Waals surface area contributed by atoms with Crippen LogP contribution < -0.4 is 0 Å². The van der Waals surface area contributed by atoms with Gasteiger partial charge in [-0.05, 0) is 21.5 Å². The van der Waals surface area contributed by atoms with E-state index in [4.69, 9.17) is 0 Å². The van der Waals surface area contributed by atoms with Crippen LogP contribution >= 0.6 is 95.6 Å². The lowest BCUT2D eigenvalue weighted by Crippen LogP contribution is -2.07. The van der Waals surface area contributed by atoms with Gasteiger partial charge in [0.15, 0.2) is 4.29 Å². The Labute approximate surface area is 179 Å². The third-order valence-electron chi connectivity index (χ3n) is 3.50. The summed E-state index contributed by atoms with van der Waals surface area (Å²) in [6.45, 7) is 0. The number of fused-ring (bicyclic) bond motifs is 2. The van der Waals surface area contributed by atoms with Crippen molar-refractivity contribution >= 4 is 117 Å². The van der Waals surface area contributed by atoms with Crippen molar-refractivity contribution in [2.75, 3.05) is 0 Å². The van der Waals surface area contributed by atoms with E-state index in [0.717, 1.165) is 11.1 Å². The molecule has 0 nitrogen and oxygen atoms in total. The molecule has 0 bridgehead atoms. The highest BCUT2D eigenvalue weighted by Gasteiger charge is 2.32. The molecular weight excluding hydrogens is 672 g/mol. The second kappa shape index (κ2) is 6.41. The van der Waals surface area contributed by atoms with Gasteiger partial charge in [-0.25, -0.2) is 0 Å². The molecule has 0 amide bonds. The van der Waals surface area contributed by atoms with Gasteiger partial charge in [0.2, 0.25) is 0 Å². The SMILES string of the molecule is BrC(Br)(Br)c1c2ccccc2c(C(Br)(Br)Br)c2ccccc12. The minimum absolute atomic E-state index is 0.488. The lowest BCUT2D eigenvalue weighted by atomic mass is 9.93. The van der Waals surface area contributed by atoms with E-state index < -0.39 is 4.29 Å². The number of hydrogen-bond donors (Lipinski definition) is 0. The highest BCUT2D eigenvalue weighted by molar-refractivity contribution is 9.39. The van der Waals surface area contributed by atoms with E-state index in [1.54, 1.807) is 0 Å². The highest BCUT2D eigenvalue weighted by Crippen LogP contribution is 2.55. The molecule has 3 rings (SSSR count). The predicted octanol–water partition coefficient (Wildman–Crippen LogP) is 8.58. The van der Waals surface area contributed by atoms with Crippen molar-refractivity contribution < 1.29 is 0 Å². The fraction of sp³-hybridized carbons (Fsp3) is 0.125. The Morgan fingerprint density at radius 2 is 0.682 bits per heavy atom. The summed E-state index contributed by atoms with van der Waals surface area (Å²) in [5.74, 6) is 0. The van der Waals surface area contributed by atoms with Crippen molar-refractivity contribution in [3.63, 3.8) is 0 Å². The van der Waals surface area contributed by atoms with Crippen LogP contribution in [0.3, 0.4) is 0 Å². The van der Waals surface area contributed by atoms with Crippen LogP contribution in [0.15, 0.2) is 48.5 Å². The van der Waals surface area contributed by atoms with Crippen molar-refractivity contribution in [3.8, 4) is 0 Å². The summed E-state index contributed by atoms with van der Waals surface area (Å²) in [5, 5.41) is 4.68. The zero-order valence-corrected chi connectivity index (χ0v) is 20.4. The van der Waals surface area contributed by atoms with Crippen molar-refractivity contribution in [1.82, 2.24) is 0 Å². The van der Waals surface area contributed by atoms with Gasteiger partial charge in [0.05, 0.1) is 0 Å². The van der Waals surface area contributed by atoms with Crippen molar-refractivity contribution in [1.29, 1.82) is 0 Å². The molecule has 0 aliphatic carbocycles. The molecule has 0 saturated carbocycles. The van der Waals surface area contributed by atoms with Crippen molar-refractivity contribution in [2.24, 2.45) is 0 Å². The van der Waals surface area contributed by atoms with Gasteiger partial charge in [-0.15, -0.1) is 0 Å². The zero-order valence-electron chi connectivity index (χ0n) is 10.9. The molecule has 0 unspecified atom stereocenters. The summed E-state index contributed by atoms with van der Waals surface area (Å²) in [6.07, 6.45) is 0. The molecule has 0 aliphatic rings. The molecule has 114 valence electrons.